The van der Waals surface area contributed by atoms with Crippen LogP contribution in [0.4, 0.5) is 0 Å². The topological polar surface area (TPSA) is 20.2 Å². The van der Waals surface area contributed by atoms with E-state index in [0.717, 1.165) is 35.1 Å². The maximum atomic E-state index is 10.9. The van der Waals surface area contributed by atoms with Crippen molar-refractivity contribution in [2.45, 2.75) is 57.3 Å². The summed E-state index contributed by atoms with van der Waals surface area (Å²) in [5, 5.41) is 11.8. The molecule has 0 saturated heterocycles. The number of hydrogen-bond acceptors (Lipinski definition) is 1. The molecule has 4 fully saturated rings. The van der Waals surface area contributed by atoms with Crippen LogP contribution >= 0.6 is 15.9 Å². The van der Waals surface area contributed by atoms with Crippen LogP contribution in [0.2, 0.25) is 0 Å². The lowest BCUT2D eigenvalue weighted by Crippen LogP contribution is -2.48. The van der Waals surface area contributed by atoms with Gasteiger partial charge in [-0.2, -0.15) is 0 Å². The Kier molecular flexibility index (Phi) is 3.37. The van der Waals surface area contributed by atoms with E-state index in [-0.39, 0.29) is 0 Å². The predicted octanol–water partition coefficient (Wildman–Crippen LogP) is 5.11. The van der Waals surface area contributed by atoms with Crippen molar-refractivity contribution in [3.63, 3.8) is 0 Å². The lowest BCUT2D eigenvalue weighted by Gasteiger charge is -2.57. The van der Waals surface area contributed by atoms with E-state index < -0.39 is 0 Å². The van der Waals surface area contributed by atoms with E-state index >= 15 is 0 Å². The molecule has 0 spiro atoms. The van der Waals surface area contributed by atoms with Crippen molar-refractivity contribution in [2.24, 2.45) is 17.8 Å². The van der Waals surface area contributed by atoms with E-state index in [1.54, 1.807) is 0 Å². The van der Waals surface area contributed by atoms with Gasteiger partial charge in [0.25, 0.3) is 0 Å². The Labute approximate surface area is 136 Å². The van der Waals surface area contributed by atoms with Crippen LogP contribution in [-0.2, 0) is 11.8 Å². The third-order valence-corrected chi connectivity index (χ3v) is 6.70. The molecule has 0 aliphatic heterocycles. The molecule has 1 N–H and O–H groups in total. The molecule has 0 unspecified atom stereocenters. The Morgan fingerprint density at radius 2 is 1.67 bits per heavy atom. The summed E-state index contributed by atoms with van der Waals surface area (Å²) in [5.74, 6) is 3.39. The molecule has 2 heteroatoms. The summed E-state index contributed by atoms with van der Waals surface area (Å²) in [4.78, 5) is 0. The summed E-state index contributed by atoms with van der Waals surface area (Å²) >= 11 is 3.52. The zero-order valence-electron chi connectivity index (χ0n) is 12.9. The average molecular weight is 349 g/mol. The fraction of sp³-hybridized carbons (Fsp3) is 0.684. The summed E-state index contributed by atoms with van der Waals surface area (Å²) < 4.78 is 0. The van der Waals surface area contributed by atoms with Gasteiger partial charge in [0.2, 0.25) is 0 Å². The average Bonchev–Trinajstić information content (AvgIpc) is 2.41. The van der Waals surface area contributed by atoms with E-state index in [0.29, 0.717) is 11.2 Å². The van der Waals surface area contributed by atoms with Crippen LogP contribution in [0.5, 0.6) is 5.75 Å². The highest BCUT2D eigenvalue weighted by molar-refractivity contribution is 9.09. The van der Waals surface area contributed by atoms with Gasteiger partial charge in [-0.25, -0.2) is 0 Å². The Bertz CT molecular complexity index is 528. The lowest BCUT2D eigenvalue weighted by atomic mass is 9.48. The van der Waals surface area contributed by atoms with Crippen molar-refractivity contribution < 1.29 is 5.11 Å². The van der Waals surface area contributed by atoms with E-state index in [2.05, 4.69) is 35.0 Å². The summed E-state index contributed by atoms with van der Waals surface area (Å²) in [7, 11) is 0. The van der Waals surface area contributed by atoms with Crippen LogP contribution in [0.25, 0.3) is 0 Å². The summed E-state index contributed by atoms with van der Waals surface area (Å²) in [6.07, 6.45) is 9.27. The molecule has 1 aromatic carbocycles. The zero-order chi connectivity index (χ0) is 14.6. The quantitative estimate of drug-likeness (QED) is 0.752. The minimum Gasteiger partial charge on any atom is -0.507 e. The van der Waals surface area contributed by atoms with Gasteiger partial charge in [0, 0.05) is 10.9 Å². The number of benzene rings is 1. The number of halogens is 1. The Balaban J connectivity index is 1.79. The molecule has 4 saturated carbocycles. The van der Waals surface area contributed by atoms with Gasteiger partial charge >= 0.3 is 0 Å². The molecule has 21 heavy (non-hydrogen) atoms. The molecule has 4 aliphatic rings. The first-order valence-corrected chi connectivity index (χ1v) is 9.61. The molecule has 5 rings (SSSR count). The van der Waals surface area contributed by atoms with Crippen LogP contribution in [0.3, 0.4) is 0 Å². The first kappa shape index (κ1) is 14.1. The lowest BCUT2D eigenvalue weighted by molar-refractivity contribution is -0.00620. The van der Waals surface area contributed by atoms with Gasteiger partial charge in [0.1, 0.15) is 5.75 Å². The molecule has 0 heterocycles. The summed E-state index contributed by atoms with van der Waals surface area (Å²) in [5.41, 5.74) is 4.04. The fourth-order valence-corrected chi connectivity index (χ4v) is 6.42. The third-order valence-electron chi connectivity index (χ3n) is 6.31. The van der Waals surface area contributed by atoms with Crippen molar-refractivity contribution in [1.82, 2.24) is 0 Å². The van der Waals surface area contributed by atoms with Crippen LogP contribution < -0.4 is 0 Å². The standard InChI is InChI=1S/C19H25BrO/c1-12-4-16(2-3-20)18(21)17(5-12)19-9-13-6-14(10-19)8-15(7-13)11-19/h4-5,13-15,21H,2-3,6-11H2,1H3. The largest absolute Gasteiger partial charge is 0.507 e. The van der Waals surface area contributed by atoms with Crippen LogP contribution in [0, 0.1) is 24.7 Å². The van der Waals surface area contributed by atoms with Crippen LogP contribution in [0.15, 0.2) is 12.1 Å². The normalized spacial score (nSPS) is 37.1. The highest BCUT2D eigenvalue weighted by Crippen LogP contribution is 2.62. The number of rotatable bonds is 3. The monoisotopic (exact) mass is 348 g/mol. The van der Waals surface area contributed by atoms with E-state index in [4.69, 9.17) is 0 Å². The molecule has 114 valence electrons. The second kappa shape index (κ2) is 5.01. The van der Waals surface area contributed by atoms with Gasteiger partial charge in [-0.05, 0) is 80.6 Å². The SMILES string of the molecule is Cc1cc(CCBr)c(O)c(C23CC4CC(CC(C4)C2)C3)c1. The smallest absolute Gasteiger partial charge is 0.122 e. The second-order valence-electron chi connectivity index (χ2n) is 7.96. The number of phenols is 1. The second-order valence-corrected chi connectivity index (χ2v) is 8.75. The molecule has 0 aromatic heterocycles. The highest BCUT2D eigenvalue weighted by atomic mass is 79.9. The molecule has 0 amide bonds. The minimum absolute atomic E-state index is 0.298. The summed E-state index contributed by atoms with van der Waals surface area (Å²) in [6, 6.07) is 4.46. The van der Waals surface area contributed by atoms with Crippen LogP contribution in [0.1, 0.15) is 55.2 Å². The number of aryl methyl sites for hydroxylation is 2. The molecule has 4 bridgehead atoms. The van der Waals surface area contributed by atoms with Gasteiger partial charge in [-0.3, -0.25) is 0 Å². The molecule has 0 radical (unpaired) electrons. The van der Waals surface area contributed by atoms with Crippen molar-refractivity contribution in [3.8, 4) is 5.75 Å². The van der Waals surface area contributed by atoms with Gasteiger partial charge in [0.15, 0.2) is 0 Å². The van der Waals surface area contributed by atoms with Crippen molar-refractivity contribution in [3.05, 3.63) is 28.8 Å². The molecule has 1 nitrogen and oxygen atoms in total. The van der Waals surface area contributed by atoms with Crippen molar-refractivity contribution in [1.29, 1.82) is 0 Å². The highest BCUT2D eigenvalue weighted by Gasteiger charge is 2.52. The van der Waals surface area contributed by atoms with E-state index in [1.807, 2.05) is 0 Å². The van der Waals surface area contributed by atoms with Gasteiger partial charge in [-0.15, -0.1) is 0 Å². The van der Waals surface area contributed by atoms with Gasteiger partial charge in [0.05, 0.1) is 0 Å². The van der Waals surface area contributed by atoms with Crippen molar-refractivity contribution in [2.75, 3.05) is 5.33 Å². The Hall–Kier alpha value is -0.500. The zero-order valence-corrected chi connectivity index (χ0v) is 14.5. The number of aromatic hydroxyl groups is 1. The predicted molar refractivity (Wildman–Crippen MR) is 90.2 cm³/mol. The maximum Gasteiger partial charge on any atom is 0.122 e. The molecule has 4 aliphatic carbocycles. The molecule has 1 aromatic rings. The van der Waals surface area contributed by atoms with Crippen molar-refractivity contribution >= 4 is 15.9 Å². The number of hydrogen-bond donors (Lipinski definition) is 1. The molecular weight excluding hydrogens is 324 g/mol. The third kappa shape index (κ3) is 2.25. The number of phenolic OH excluding ortho intramolecular Hbond substituents is 1. The maximum absolute atomic E-state index is 10.9. The Morgan fingerprint density at radius 1 is 1.10 bits per heavy atom. The fourth-order valence-electron chi connectivity index (χ4n) is 5.99. The number of alkyl halides is 1. The van der Waals surface area contributed by atoms with E-state index in [9.17, 15) is 5.11 Å². The van der Waals surface area contributed by atoms with Gasteiger partial charge in [-0.1, -0.05) is 33.6 Å². The first-order chi connectivity index (χ1) is 10.1. The van der Waals surface area contributed by atoms with Gasteiger partial charge < -0.3 is 5.11 Å². The minimum atomic E-state index is 0.298. The molecular formula is C19H25BrO. The van der Waals surface area contributed by atoms with E-state index in [1.165, 1.54) is 49.7 Å². The summed E-state index contributed by atoms with van der Waals surface area (Å²) in [6.45, 7) is 2.18. The first-order valence-electron chi connectivity index (χ1n) is 8.48. The van der Waals surface area contributed by atoms with Crippen LogP contribution in [-0.4, -0.2) is 10.4 Å². The molecule has 0 atom stereocenters. The Morgan fingerprint density at radius 3 is 2.19 bits per heavy atom.